The van der Waals surface area contributed by atoms with Gasteiger partial charge in [0, 0.05) is 17.5 Å². The largest absolute Gasteiger partial charge is 0.462 e. The molecular formula is C25H28N2O3S2. The molecule has 2 aromatic heterocycles. The molecule has 0 saturated heterocycles. The summed E-state index contributed by atoms with van der Waals surface area (Å²) in [6.07, 6.45) is 5.85. The van der Waals surface area contributed by atoms with E-state index in [-0.39, 0.29) is 23.4 Å². The minimum Gasteiger partial charge on any atom is -0.462 e. The van der Waals surface area contributed by atoms with E-state index in [1.165, 1.54) is 35.1 Å². The van der Waals surface area contributed by atoms with Gasteiger partial charge in [-0.25, -0.2) is 4.98 Å². The van der Waals surface area contributed by atoms with E-state index in [9.17, 15) is 9.59 Å². The number of ether oxygens (including phenoxy) is 1. The van der Waals surface area contributed by atoms with Crippen LogP contribution in [0.25, 0.3) is 21.3 Å². The first-order valence-corrected chi connectivity index (χ1v) is 12.8. The van der Waals surface area contributed by atoms with Gasteiger partial charge in [0.15, 0.2) is 5.16 Å². The van der Waals surface area contributed by atoms with Crippen molar-refractivity contribution in [2.24, 2.45) is 5.92 Å². The second-order valence-corrected chi connectivity index (χ2v) is 10.3. The summed E-state index contributed by atoms with van der Waals surface area (Å²) in [5.74, 6) is 0.480. The quantitative estimate of drug-likeness (QED) is 0.189. The number of aryl methyl sites for hydroxylation is 1. The lowest BCUT2D eigenvalue weighted by Gasteiger charge is -2.26. The Balaban J connectivity index is 1.58. The number of hydrogen-bond acceptors (Lipinski definition) is 6. The SMILES string of the molecule is C=CCn1c(SCC(=O)OC2CCCC(C)C2)nc2scc(-c3ccc(C)cc3)c2c1=O. The number of thiophene rings is 1. The smallest absolute Gasteiger partial charge is 0.316 e. The molecule has 5 nitrogen and oxygen atoms in total. The summed E-state index contributed by atoms with van der Waals surface area (Å²) in [6, 6.07) is 8.13. The zero-order chi connectivity index (χ0) is 22.7. The second-order valence-electron chi connectivity index (χ2n) is 8.47. The average Bonchev–Trinajstić information content (AvgIpc) is 3.19. The van der Waals surface area contributed by atoms with Crippen molar-refractivity contribution < 1.29 is 9.53 Å². The van der Waals surface area contributed by atoms with Crippen LogP contribution >= 0.6 is 23.1 Å². The summed E-state index contributed by atoms with van der Waals surface area (Å²) < 4.78 is 7.28. The maximum absolute atomic E-state index is 13.4. The normalized spacial score (nSPS) is 18.6. The third kappa shape index (κ3) is 4.99. The monoisotopic (exact) mass is 468 g/mol. The minimum absolute atomic E-state index is 0.00650. The molecule has 0 aliphatic heterocycles. The molecule has 0 N–H and O–H groups in total. The lowest BCUT2D eigenvalue weighted by Crippen LogP contribution is -2.26. The van der Waals surface area contributed by atoms with Gasteiger partial charge in [-0.3, -0.25) is 14.2 Å². The van der Waals surface area contributed by atoms with Crippen molar-refractivity contribution in [1.29, 1.82) is 0 Å². The lowest BCUT2D eigenvalue weighted by atomic mass is 9.89. The third-order valence-electron chi connectivity index (χ3n) is 5.84. The number of allylic oxidation sites excluding steroid dienone is 1. The Morgan fingerprint density at radius 3 is 2.84 bits per heavy atom. The molecule has 1 fully saturated rings. The number of rotatable bonds is 7. The van der Waals surface area contributed by atoms with Gasteiger partial charge in [0.1, 0.15) is 10.9 Å². The van der Waals surface area contributed by atoms with Gasteiger partial charge in [-0.15, -0.1) is 17.9 Å². The van der Waals surface area contributed by atoms with Crippen molar-refractivity contribution in [3.05, 3.63) is 58.2 Å². The molecule has 1 aliphatic carbocycles. The summed E-state index contributed by atoms with van der Waals surface area (Å²) in [6.45, 7) is 8.37. The zero-order valence-corrected chi connectivity index (χ0v) is 20.1. The number of esters is 1. The Morgan fingerprint density at radius 1 is 1.34 bits per heavy atom. The molecule has 1 aromatic carbocycles. The fourth-order valence-corrected chi connectivity index (χ4v) is 5.96. The molecule has 0 bridgehead atoms. The van der Waals surface area contributed by atoms with E-state index in [4.69, 9.17) is 9.72 Å². The summed E-state index contributed by atoms with van der Waals surface area (Å²) in [5, 5.41) is 3.12. The number of benzene rings is 1. The Labute approximate surface area is 196 Å². The van der Waals surface area contributed by atoms with E-state index in [2.05, 4.69) is 13.5 Å². The van der Waals surface area contributed by atoms with Gasteiger partial charge in [-0.2, -0.15) is 0 Å². The van der Waals surface area contributed by atoms with Crippen molar-refractivity contribution in [1.82, 2.24) is 9.55 Å². The molecule has 2 heterocycles. The number of carbonyl (C=O) groups excluding carboxylic acids is 1. The van der Waals surface area contributed by atoms with Crippen LogP contribution in [0.2, 0.25) is 0 Å². The van der Waals surface area contributed by atoms with E-state index in [1.54, 1.807) is 10.6 Å². The fraction of sp³-hybridized carbons (Fsp3) is 0.400. The first-order chi connectivity index (χ1) is 15.5. The molecule has 32 heavy (non-hydrogen) atoms. The van der Waals surface area contributed by atoms with Gasteiger partial charge in [0.25, 0.3) is 5.56 Å². The Morgan fingerprint density at radius 2 is 2.12 bits per heavy atom. The first kappa shape index (κ1) is 22.8. The average molecular weight is 469 g/mol. The van der Waals surface area contributed by atoms with Gasteiger partial charge in [0.05, 0.1) is 11.1 Å². The highest BCUT2D eigenvalue weighted by Gasteiger charge is 2.23. The Hall–Kier alpha value is -2.38. The van der Waals surface area contributed by atoms with Crippen LogP contribution in [0.3, 0.4) is 0 Å². The minimum atomic E-state index is -0.250. The van der Waals surface area contributed by atoms with Crippen LogP contribution in [-0.4, -0.2) is 27.4 Å². The molecule has 2 atom stereocenters. The molecule has 1 saturated carbocycles. The summed E-state index contributed by atoms with van der Waals surface area (Å²) in [7, 11) is 0. The molecule has 3 aromatic rings. The van der Waals surface area contributed by atoms with Gasteiger partial charge in [-0.05, 0) is 37.7 Å². The molecule has 4 rings (SSSR count). The molecular weight excluding hydrogens is 440 g/mol. The van der Waals surface area contributed by atoms with Gasteiger partial charge >= 0.3 is 5.97 Å². The van der Waals surface area contributed by atoms with Crippen molar-refractivity contribution in [3.63, 3.8) is 0 Å². The summed E-state index contributed by atoms with van der Waals surface area (Å²) in [4.78, 5) is 31.3. The molecule has 2 unspecified atom stereocenters. The van der Waals surface area contributed by atoms with Gasteiger partial charge in [-0.1, -0.05) is 61.0 Å². The van der Waals surface area contributed by atoms with Crippen molar-refractivity contribution in [3.8, 4) is 11.1 Å². The van der Waals surface area contributed by atoms with E-state index in [0.29, 0.717) is 27.8 Å². The molecule has 7 heteroatoms. The number of aromatic nitrogens is 2. The van der Waals surface area contributed by atoms with Crippen molar-refractivity contribution >= 4 is 39.3 Å². The molecule has 1 aliphatic rings. The van der Waals surface area contributed by atoms with Crippen molar-refractivity contribution in [2.75, 3.05) is 5.75 Å². The van der Waals surface area contributed by atoms with Crippen LogP contribution in [-0.2, 0) is 16.1 Å². The summed E-state index contributed by atoms with van der Waals surface area (Å²) >= 11 is 2.71. The number of carbonyl (C=O) groups is 1. The van der Waals surface area contributed by atoms with Crippen LogP contribution in [0.5, 0.6) is 0 Å². The topological polar surface area (TPSA) is 61.2 Å². The molecule has 0 spiro atoms. The van der Waals surface area contributed by atoms with Crippen LogP contribution < -0.4 is 5.56 Å². The highest BCUT2D eigenvalue weighted by Crippen LogP contribution is 2.32. The number of fused-ring (bicyclic) bond motifs is 1. The standard InChI is InChI=1S/C25H28N2O3S2/c1-4-12-27-24(29)22-20(18-10-8-16(2)9-11-18)14-31-23(22)26-25(27)32-15-21(28)30-19-7-5-6-17(3)13-19/h4,8-11,14,17,19H,1,5-7,12-13,15H2,2-3H3. The predicted molar refractivity (Wildman–Crippen MR) is 132 cm³/mol. The zero-order valence-electron chi connectivity index (χ0n) is 18.5. The second kappa shape index (κ2) is 10.0. The Kier molecular flexibility index (Phi) is 7.16. The van der Waals surface area contributed by atoms with Crippen LogP contribution in [0.4, 0.5) is 0 Å². The van der Waals surface area contributed by atoms with Gasteiger partial charge < -0.3 is 4.74 Å². The van der Waals surface area contributed by atoms with E-state index >= 15 is 0 Å². The molecule has 0 amide bonds. The van der Waals surface area contributed by atoms with E-state index in [1.807, 2.05) is 36.6 Å². The maximum atomic E-state index is 13.4. The van der Waals surface area contributed by atoms with Crippen molar-refractivity contribution in [2.45, 2.75) is 57.3 Å². The first-order valence-electron chi connectivity index (χ1n) is 11.0. The maximum Gasteiger partial charge on any atom is 0.316 e. The highest BCUT2D eigenvalue weighted by atomic mass is 32.2. The lowest BCUT2D eigenvalue weighted by molar-refractivity contribution is -0.147. The predicted octanol–water partition coefficient (Wildman–Crippen LogP) is 5.83. The van der Waals surface area contributed by atoms with Crippen LogP contribution in [0, 0.1) is 12.8 Å². The highest BCUT2D eigenvalue weighted by molar-refractivity contribution is 7.99. The number of hydrogen-bond donors (Lipinski definition) is 0. The fourth-order valence-electron chi connectivity index (χ4n) is 4.18. The number of thioether (sulfide) groups is 1. The number of nitrogens with zero attached hydrogens (tertiary/aromatic N) is 2. The van der Waals surface area contributed by atoms with Gasteiger partial charge in [0.2, 0.25) is 0 Å². The Bertz CT molecular complexity index is 1180. The van der Waals surface area contributed by atoms with Crippen LogP contribution in [0.15, 0.2) is 52.3 Å². The van der Waals surface area contributed by atoms with E-state index in [0.717, 1.165) is 30.4 Å². The molecule has 0 radical (unpaired) electrons. The third-order valence-corrected chi connectivity index (χ3v) is 7.66. The summed E-state index contributed by atoms with van der Waals surface area (Å²) in [5.41, 5.74) is 2.95. The van der Waals surface area contributed by atoms with E-state index < -0.39 is 0 Å². The van der Waals surface area contributed by atoms with Crippen LogP contribution in [0.1, 0.15) is 38.2 Å². The molecule has 168 valence electrons.